The van der Waals surface area contributed by atoms with Crippen LogP contribution in [0.2, 0.25) is 0 Å². The molecule has 3 rings (SSSR count). The maximum Gasteiger partial charge on any atom is 0.0686 e. The largest absolute Gasteiger partial charge is 0.375 e. The lowest BCUT2D eigenvalue weighted by Crippen LogP contribution is -2.47. The van der Waals surface area contributed by atoms with E-state index in [9.17, 15) is 0 Å². The summed E-state index contributed by atoms with van der Waals surface area (Å²) >= 11 is 0. The van der Waals surface area contributed by atoms with Gasteiger partial charge in [-0.3, -0.25) is 4.68 Å². The second kappa shape index (κ2) is 5.49. The number of aromatic nitrogens is 2. The molecular formula is C16H27N3O. The zero-order valence-electron chi connectivity index (χ0n) is 13.0. The molecule has 1 N–H and O–H groups in total. The molecule has 2 atom stereocenters. The van der Waals surface area contributed by atoms with E-state index in [1.807, 2.05) is 0 Å². The van der Waals surface area contributed by atoms with Crippen LogP contribution in [0.1, 0.15) is 56.5 Å². The van der Waals surface area contributed by atoms with Gasteiger partial charge in [-0.05, 0) is 57.6 Å². The third-order valence-electron chi connectivity index (χ3n) is 5.23. The first kappa shape index (κ1) is 14.1. The van der Waals surface area contributed by atoms with Gasteiger partial charge < -0.3 is 10.1 Å². The number of aryl methyl sites for hydroxylation is 2. The molecule has 2 aliphatic rings. The molecule has 4 nitrogen and oxygen atoms in total. The van der Waals surface area contributed by atoms with Gasteiger partial charge in [0.1, 0.15) is 0 Å². The fourth-order valence-electron chi connectivity index (χ4n) is 3.90. The monoisotopic (exact) mass is 277 g/mol. The van der Waals surface area contributed by atoms with E-state index in [2.05, 4.69) is 42.2 Å². The number of hydrogen-bond donors (Lipinski definition) is 1. The van der Waals surface area contributed by atoms with Crippen molar-refractivity contribution in [3.05, 3.63) is 17.5 Å². The van der Waals surface area contributed by atoms with Crippen LogP contribution < -0.4 is 5.32 Å². The van der Waals surface area contributed by atoms with Gasteiger partial charge in [-0.25, -0.2) is 0 Å². The van der Waals surface area contributed by atoms with Crippen molar-refractivity contribution in [1.29, 1.82) is 0 Å². The molecule has 0 aromatic carbocycles. The lowest BCUT2D eigenvalue weighted by Gasteiger charge is -2.48. The van der Waals surface area contributed by atoms with Crippen molar-refractivity contribution in [2.75, 3.05) is 13.7 Å². The highest BCUT2D eigenvalue weighted by Gasteiger charge is 2.44. The Bertz CT molecular complexity index is 464. The molecule has 1 aromatic rings. The summed E-state index contributed by atoms with van der Waals surface area (Å²) in [6.45, 7) is 3.08. The van der Waals surface area contributed by atoms with Crippen LogP contribution in [0.3, 0.4) is 0 Å². The standard InChI is InChI=1S/C16H27N3O/c1-4-13-10-14(19(3)18-13)15(17-2)12-6-9-20-16(11-12)7-5-8-16/h10,12,15,17H,4-9,11H2,1-3H3. The van der Waals surface area contributed by atoms with E-state index in [0.717, 1.165) is 19.4 Å². The summed E-state index contributed by atoms with van der Waals surface area (Å²) in [4.78, 5) is 0. The second-order valence-electron chi connectivity index (χ2n) is 6.44. The molecule has 1 saturated carbocycles. The molecule has 1 saturated heterocycles. The van der Waals surface area contributed by atoms with Crippen LogP contribution in [0, 0.1) is 5.92 Å². The molecule has 1 spiro atoms. The van der Waals surface area contributed by atoms with E-state index in [0.29, 0.717) is 12.0 Å². The molecule has 1 aliphatic heterocycles. The Morgan fingerprint density at radius 3 is 2.90 bits per heavy atom. The Morgan fingerprint density at radius 2 is 2.35 bits per heavy atom. The summed E-state index contributed by atoms with van der Waals surface area (Å²) in [5.74, 6) is 0.661. The molecule has 4 heteroatoms. The lowest BCUT2D eigenvalue weighted by molar-refractivity contribution is -0.147. The summed E-state index contributed by atoms with van der Waals surface area (Å²) in [7, 11) is 4.14. The topological polar surface area (TPSA) is 39.1 Å². The Morgan fingerprint density at radius 1 is 1.55 bits per heavy atom. The maximum atomic E-state index is 6.07. The summed E-state index contributed by atoms with van der Waals surface area (Å²) in [5.41, 5.74) is 2.73. The first-order valence-corrected chi connectivity index (χ1v) is 8.01. The van der Waals surface area contributed by atoms with Gasteiger partial charge in [-0.1, -0.05) is 6.92 Å². The van der Waals surface area contributed by atoms with Crippen molar-refractivity contribution in [3.8, 4) is 0 Å². The number of hydrogen-bond acceptors (Lipinski definition) is 3. The van der Waals surface area contributed by atoms with Gasteiger partial charge in [0, 0.05) is 13.7 Å². The van der Waals surface area contributed by atoms with Crippen LogP contribution in [0.5, 0.6) is 0 Å². The Kier molecular flexibility index (Phi) is 3.87. The third kappa shape index (κ3) is 2.40. The van der Waals surface area contributed by atoms with Gasteiger partial charge in [0.2, 0.25) is 0 Å². The zero-order valence-corrected chi connectivity index (χ0v) is 13.0. The van der Waals surface area contributed by atoms with Gasteiger partial charge in [-0.15, -0.1) is 0 Å². The quantitative estimate of drug-likeness (QED) is 0.919. The molecule has 2 heterocycles. The molecule has 1 aromatic heterocycles. The first-order valence-electron chi connectivity index (χ1n) is 8.01. The van der Waals surface area contributed by atoms with Crippen LogP contribution in [0.15, 0.2) is 6.07 Å². The van der Waals surface area contributed by atoms with E-state index in [1.54, 1.807) is 0 Å². The van der Waals surface area contributed by atoms with Gasteiger partial charge in [0.25, 0.3) is 0 Å². The van der Waals surface area contributed by atoms with Crippen LogP contribution in [-0.2, 0) is 18.2 Å². The average Bonchev–Trinajstić information content (AvgIpc) is 2.80. The fraction of sp³-hybridized carbons (Fsp3) is 0.812. The zero-order chi connectivity index (χ0) is 14.2. The Hall–Kier alpha value is -0.870. The van der Waals surface area contributed by atoms with Crippen molar-refractivity contribution >= 4 is 0 Å². The Labute approximate surface area is 121 Å². The van der Waals surface area contributed by atoms with E-state index in [4.69, 9.17) is 4.74 Å². The summed E-state index contributed by atoms with van der Waals surface area (Å²) in [5, 5.41) is 8.14. The Balaban J connectivity index is 1.79. The van der Waals surface area contributed by atoms with E-state index in [1.165, 1.54) is 37.1 Å². The third-order valence-corrected chi connectivity index (χ3v) is 5.23. The highest BCUT2D eigenvalue weighted by molar-refractivity contribution is 5.16. The van der Waals surface area contributed by atoms with E-state index in [-0.39, 0.29) is 5.60 Å². The smallest absolute Gasteiger partial charge is 0.0686 e. The highest BCUT2D eigenvalue weighted by atomic mass is 16.5. The first-order chi connectivity index (χ1) is 9.67. The van der Waals surface area contributed by atoms with Crippen molar-refractivity contribution in [3.63, 3.8) is 0 Å². The second-order valence-corrected chi connectivity index (χ2v) is 6.44. The van der Waals surface area contributed by atoms with Crippen molar-refractivity contribution in [2.45, 2.75) is 57.1 Å². The summed E-state index contributed by atoms with van der Waals surface area (Å²) in [6.07, 6.45) is 7.20. The van der Waals surface area contributed by atoms with Crippen LogP contribution in [0.4, 0.5) is 0 Å². The van der Waals surface area contributed by atoms with Gasteiger partial charge in [0.05, 0.1) is 23.0 Å². The number of ether oxygens (including phenoxy) is 1. The normalized spacial score (nSPS) is 26.4. The van der Waals surface area contributed by atoms with Crippen molar-refractivity contribution < 1.29 is 4.74 Å². The SMILES string of the molecule is CCc1cc(C(NC)C2CCOC3(CCC3)C2)n(C)n1. The molecule has 112 valence electrons. The number of nitrogens with one attached hydrogen (secondary N) is 1. The fourth-order valence-corrected chi connectivity index (χ4v) is 3.90. The minimum atomic E-state index is 0.212. The summed E-state index contributed by atoms with van der Waals surface area (Å²) < 4.78 is 8.13. The maximum absolute atomic E-state index is 6.07. The van der Waals surface area contributed by atoms with Gasteiger partial charge in [0.15, 0.2) is 0 Å². The molecule has 2 fully saturated rings. The number of rotatable bonds is 4. The van der Waals surface area contributed by atoms with Crippen molar-refractivity contribution in [2.24, 2.45) is 13.0 Å². The molecular weight excluding hydrogens is 250 g/mol. The van der Waals surface area contributed by atoms with Gasteiger partial charge in [-0.2, -0.15) is 5.10 Å². The highest BCUT2D eigenvalue weighted by Crippen LogP contribution is 2.47. The predicted molar refractivity (Wildman–Crippen MR) is 79.6 cm³/mol. The van der Waals surface area contributed by atoms with Crippen LogP contribution >= 0.6 is 0 Å². The molecule has 2 unspecified atom stereocenters. The van der Waals surface area contributed by atoms with Crippen LogP contribution in [-0.4, -0.2) is 29.0 Å². The van der Waals surface area contributed by atoms with Crippen LogP contribution in [0.25, 0.3) is 0 Å². The average molecular weight is 277 g/mol. The minimum absolute atomic E-state index is 0.212. The van der Waals surface area contributed by atoms with E-state index < -0.39 is 0 Å². The molecule has 0 amide bonds. The summed E-state index contributed by atoms with van der Waals surface area (Å²) in [6, 6.07) is 2.67. The minimum Gasteiger partial charge on any atom is -0.375 e. The molecule has 0 radical (unpaired) electrons. The predicted octanol–water partition coefficient (Wildman–Crippen LogP) is 2.59. The molecule has 20 heavy (non-hydrogen) atoms. The van der Waals surface area contributed by atoms with Crippen molar-refractivity contribution in [1.82, 2.24) is 15.1 Å². The van der Waals surface area contributed by atoms with Gasteiger partial charge >= 0.3 is 0 Å². The molecule has 0 bridgehead atoms. The lowest BCUT2D eigenvalue weighted by atomic mass is 9.70. The van der Waals surface area contributed by atoms with E-state index >= 15 is 0 Å². The number of nitrogens with zero attached hydrogens (tertiary/aromatic N) is 2. The molecule has 1 aliphatic carbocycles.